The molecule has 0 bridgehead atoms. The van der Waals surface area contributed by atoms with Gasteiger partial charge < -0.3 is 8.98 Å². The second-order valence-corrected chi connectivity index (χ2v) is 9.92. The Balaban J connectivity index is 1.52. The van der Waals surface area contributed by atoms with Crippen LogP contribution in [-0.2, 0) is 0 Å². The first kappa shape index (κ1) is 23.9. The molecule has 188 valence electrons. The van der Waals surface area contributed by atoms with Crippen LogP contribution in [0.25, 0.3) is 39.1 Å². The van der Waals surface area contributed by atoms with E-state index in [0.717, 1.165) is 28.0 Å². The van der Waals surface area contributed by atoms with Gasteiger partial charge in [-0.3, -0.25) is 4.79 Å². The highest BCUT2D eigenvalue weighted by molar-refractivity contribution is 6.31. The van der Waals surface area contributed by atoms with Crippen molar-refractivity contribution in [3.8, 4) is 17.3 Å². The number of nitrogens with zero attached hydrogens (tertiary/aromatic N) is 4. The Morgan fingerprint density at radius 1 is 0.947 bits per heavy atom. The minimum atomic E-state index is -0.274. The summed E-state index contributed by atoms with van der Waals surface area (Å²) in [5.74, 6) is 0.753. The van der Waals surface area contributed by atoms with Crippen molar-refractivity contribution in [1.82, 2.24) is 14.2 Å². The zero-order chi connectivity index (χ0) is 26.6. The van der Waals surface area contributed by atoms with Gasteiger partial charge in [0.15, 0.2) is 5.76 Å². The molecule has 3 aromatic heterocycles. The van der Waals surface area contributed by atoms with Gasteiger partial charge in [-0.25, -0.2) is 4.98 Å². The molecule has 6 aromatic rings. The third-order valence-corrected chi connectivity index (χ3v) is 7.29. The van der Waals surface area contributed by atoms with Gasteiger partial charge in [0.05, 0.1) is 17.1 Å². The summed E-state index contributed by atoms with van der Waals surface area (Å²) in [6.07, 6.45) is 1.71. The molecule has 7 heteroatoms. The van der Waals surface area contributed by atoms with Crippen LogP contribution in [0.3, 0.4) is 0 Å². The minimum absolute atomic E-state index is 0.274. The maximum Gasteiger partial charge on any atom is 0.282 e. The monoisotopic (exact) mass is 520 g/mol. The van der Waals surface area contributed by atoms with Crippen LogP contribution in [0.2, 0.25) is 5.02 Å². The van der Waals surface area contributed by atoms with Gasteiger partial charge >= 0.3 is 0 Å². The van der Waals surface area contributed by atoms with Gasteiger partial charge in [0, 0.05) is 33.0 Å². The summed E-state index contributed by atoms with van der Waals surface area (Å²) in [4.78, 5) is 18.4. The van der Waals surface area contributed by atoms with E-state index in [1.54, 1.807) is 24.4 Å². The maximum absolute atomic E-state index is 13.6. The third kappa shape index (κ3) is 3.94. The number of furan rings is 1. The smallest absolute Gasteiger partial charge is 0.282 e. The van der Waals surface area contributed by atoms with Crippen LogP contribution in [0.4, 0.5) is 0 Å². The average molecular weight is 521 g/mol. The fraction of sp³-hybridized carbons (Fsp3) is 0.129. The van der Waals surface area contributed by atoms with Crippen molar-refractivity contribution in [2.24, 2.45) is 5.10 Å². The maximum atomic E-state index is 13.6. The quantitative estimate of drug-likeness (QED) is 0.228. The Morgan fingerprint density at radius 3 is 2.61 bits per heavy atom. The molecular weight excluding hydrogens is 496 g/mol. The molecule has 3 heterocycles. The van der Waals surface area contributed by atoms with Gasteiger partial charge in [-0.1, -0.05) is 35.9 Å². The molecule has 0 saturated heterocycles. The molecule has 3 aromatic carbocycles. The fourth-order valence-corrected chi connectivity index (χ4v) is 5.08. The molecule has 0 saturated carbocycles. The summed E-state index contributed by atoms with van der Waals surface area (Å²) in [5.41, 5.74) is 7.55. The molecule has 0 amide bonds. The van der Waals surface area contributed by atoms with E-state index in [2.05, 4.69) is 61.6 Å². The highest BCUT2D eigenvalue weighted by Crippen LogP contribution is 2.29. The van der Waals surface area contributed by atoms with E-state index in [-0.39, 0.29) is 5.56 Å². The molecule has 6 nitrogen and oxygen atoms in total. The number of para-hydroxylation sites is 1. The number of hydrogen-bond donors (Lipinski definition) is 0. The van der Waals surface area contributed by atoms with E-state index in [4.69, 9.17) is 21.0 Å². The van der Waals surface area contributed by atoms with Crippen LogP contribution in [0.15, 0.2) is 87.1 Å². The second-order valence-electron chi connectivity index (χ2n) is 9.49. The normalized spacial score (nSPS) is 11.8. The number of hydrogen-bond acceptors (Lipinski definition) is 4. The summed E-state index contributed by atoms with van der Waals surface area (Å²) in [7, 11) is 0. The molecule has 0 radical (unpaired) electrons. The molecule has 0 N–H and O–H groups in total. The number of rotatable bonds is 4. The Hall–Kier alpha value is -4.42. The van der Waals surface area contributed by atoms with Crippen molar-refractivity contribution in [1.29, 1.82) is 0 Å². The zero-order valence-electron chi connectivity index (χ0n) is 21.5. The van der Waals surface area contributed by atoms with Crippen LogP contribution in [0.1, 0.15) is 28.1 Å². The van der Waals surface area contributed by atoms with Crippen LogP contribution in [0.5, 0.6) is 0 Å². The predicted octanol–water partition coefficient (Wildman–Crippen LogP) is 7.37. The molecule has 0 fully saturated rings. The van der Waals surface area contributed by atoms with Gasteiger partial charge in [-0.2, -0.15) is 9.78 Å². The first-order chi connectivity index (χ1) is 18.3. The predicted molar refractivity (Wildman–Crippen MR) is 154 cm³/mol. The number of aromatic nitrogens is 3. The van der Waals surface area contributed by atoms with Crippen LogP contribution < -0.4 is 5.56 Å². The van der Waals surface area contributed by atoms with Crippen molar-refractivity contribution in [3.05, 3.63) is 116 Å². The summed E-state index contributed by atoms with van der Waals surface area (Å²) < 4.78 is 9.60. The molecule has 0 unspecified atom stereocenters. The molecule has 0 aliphatic heterocycles. The highest BCUT2D eigenvalue weighted by Gasteiger charge is 2.17. The van der Waals surface area contributed by atoms with Gasteiger partial charge in [0.25, 0.3) is 5.56 Å². The van der Waals surface area contributed by atoms with Gasteiger partial charge in [0.2, 0.25) is 5.82 Å². The molecule has 0 atom stereocenters. The van der Waals surface area contributed by atoms with Crippen LogP contribution >= 0.6 is 11.6 Å². The lowest BCUT2D eigenvalue weighted by atomic mass is 10.1. The molecule has 0 aliphatic carbocycles. The largest absolute Gasteiger partial charge is 0.453 e. The van der Waals surface area contributed by atoms with Crippen LogP contribution in [-0.4, -0.2) is 20.4 Å². The molecule has 6 rings (SSSR count). The van der Waals surface area contributed by atoms with Crippen molar-refractivity contribution in [3.63, 3.8) is 0 Å². The Bertz CT molecular complexity index is 1960. The van der Waals surface area contributed by atoms with E-state index in [0.29, 0.717) is 33.1 Å². The lowest BCUT2D eigenvalue weighted by Gasteiger charge is -2.14. The van der Waals surface area contributed by atoms with Crippen molar-refractivity contribution in [2.75, 3.05) is 0 Å². The van der Waals surface area contributed by atoms with E-state index >= 15 is 0 Å². The summed E-state index contributed by atoms with van der Waals surface area (Å²) >= 11 is 6.18. The van der Waals surface area contributed by atoms with Crippen molar-refractivity contribution >= 4 is 39.7 Å². The van der Waals surface area contributed by atoms with Crippen molar-refractivity contribution in [2.45, 2.75) is 27.7 Å². The number of aryl methyl sites for hydroxylation is 2. The summed E-state index contributed by atoms with van der Waals surface area (Å²) in [6.45, 7) is 8.37. The number of fused-ring (bicyclic) bond motifs is 2. The van der Waals surface area contributed by atoms with Gasteiger partial charge in [-0.05, 0) is 87.4 Å². The molecular formula is C31H25ClN4O2. The Morgan fingerprint density at radius 2 is 1.76 bits per heavy atom. The SMILES string of the molecule is Cc1cccc(-n2c(C)cc(C=Nn3c(-c4cc5cc(Cl)ccc5o4)nc4ccccc4c3=O)c2C)c1C. The number of benzene rings is 3. The van der Waals surface area contributed by atoms with E-state index in [1.165, 1.54) is 15.8 Å². The average Bonchev–Trinajstić information content (AvgIpc) is 3.44. The van der Waals surface area contributed by atoms with E-state index in [9.17, 15) is 4.79 Å². The summed E-state index contributed by atoms with van der Waals surface area (Å²) in [6, 6.07) is 22.8. The van der Waals surface area contributed by atoms with E-state index in [1.807, 2.05) is 30.3 Å². The molecule has 0 spiro atoms. The van der Waals surface area contributed by atoms with E-state index < -0.39 is 0 Å². The third-order valence-electron chi connectivity index (χ3n) is 7.05. The first-order valence-corrected chi connectivity index (χ1v) is 12.7. The lowest BCUT2D eigenvalue weighted by Crippen LogP contribution is -2.20. The fourth-order valence-electron chi connectivity index (χ4n) is 4.90. The Kier molecular flexibility index (Phi) is 5.77. The zero-order valence-corrected chi connectivity index (χ0v) is 22.2. The minimum Gasteiger partial charge on any atom is -0.453 e. The first-order valence-electron chi connectivity index (χ1n) is 12.3. The summed E-state index contributed by atoms with van der Waals surface area (Å²) in [5, 5.41) is 6.56. The molecule has 38 heavy (non-hydrogen) atoms. The van der Waals surface area contributed by atoms with Gasteiger partial charge in [0.1, 0.15) is 5.58 Å². The topological polar surface area (TPSA) is 65.3 Å². The van der Waals surface area contributed by atoms with Crippen molar-refractivity contribution < 1.29 is 4.42 Å². The second kappa shape index (κ2) is 9.15. The Labute approximate surface area is 224 Å². The lowest BCUT2D eigenvalue weighted by molar-refractivity contribution is 0.616. The number of halogens is 1. The van der Waals surface area contributed by atoms with Gasteiger partial charge in [-0.15, -0.1) is 0 Å². The standard InChI is InChI=1S/C31H25ClN4O2/c1-18-8-7-11-27(20(18)3)35-19(2)14-23(21(35)4)17-33-36-30(34-26-10-6-5-9-25(26)31(36)37)29-16-22-15-24(32)12-13-28(22)38-29/h5-17H,1-4H3. The molecule has 0 aliphatic rings. The van der Waals surface area contributed by atoms with Crippen LogP contribution in [0, 0.1) is 27.7 Å². The highest BCUT2D eigenvalue weighted by atomic mass is 35.5.